The Hall–Kier alpha value is -2.67. The lowest BCUT2D eigenvalue weighted by Gasteiger charge is -2.25. The third-order valence-corrected chi connectivity index (χ3v) is 6.47. The first-order valence-electron chi connectivity index (χ1n) is 10.1. The van der Waals surface area contributed by atoms with Gasteiger partial charge in [-0.3, -0.25) is 9.36 Å². The number of likely N-dealkylation sites (tertiary alicyclic amines) is 1. The van der Waals surface area contributed by atoms with Gasteiger partial charge < -0.3 is 4.90 Å². The summed E-state index contributed by atoms with van der Waals surface area (Å²) in [5.74, 6) is 0.899. The lowest BCUT2D eigenvalue weighted by Crippen LogP contribution is -2.32. The minimum absolute atomic E-state index is 0.0114. The van der Waals surface area contributed by atoms with Crippen molar-refractivity contribution in [1.82, 2.24) is 19.7 Å². The molecule has 0 spiro atoms. The molecule has 2 heterocycles. The van der Waals surface area contributed by atoms with Crippen molar-refractivity contribution in [2.75, 3.05) is 12.3 Å². The first-order valence-corrected chi connectivity index (χ1v) is 11.1. The van der Waals surface area contributed by atoms with Crippen molar-refractivity contribution in [3.05, 3.63) is 70.8 Å². The highest BCUT2D eigenvalue weighted by Crippen LogP contribution is 2.33. The van der Waals surface area contributed by atoms with Gasteiger partial charge in [-0.1, -0.05) is 36.0 Å². The maximum atomic E-state index is 13.3. The summed E-state index contributed by atoms with van der Waals surface area (Å²) >= 11 is 1.41. The Morgan fingerprint density at radius 3 is 2.67 bits per heavy atom. The molecule has 1 aromatic heterocycles. The van der Waals surface area contributed by atoms with Gasteiger partial charge in [-0.25, -0.2) is 4.39 Å². The van der Waals surface area contributed by atoms with E-state index in [9.17, 15) is 9.18 Å². The van der Waals surface area contributed by atoms with Crippen molar-refractivity contribution in [3.63, 3.8) is 0 Å². The first kappa shape index (κ1) is 20.6. The van der Waals surface area contributed by atoms with Crippen LogP contribution in [-0.4, -0.2) is 37.9 Å². The molecule has 0 bridgehead atoms. The summed E-state index contributed by atoms with van der Waals surface area (Å²) in [6, 6.07) is 12.8. The van der Waals surface area contributed by atoms with E-state index in [1.54, 1.807) is 12.1 Å². The van der Waals surface area contributed by atoms with Gasteiger partial charge in [-0.05, 0) is 68.5 Å². The molecule has 1 fully saturated rings. The molecule has 156 valence electrons. The van der Waals surface area contributed by atoms with Crippen LogP contribution >= 0.6 is 11.8 Å². The number of thioether (sulfide) groups is 1. The molecule has 0 radical (unpaired) electrons. The highest BCUT2D eigenvalue weighted by Gasteiger charge is 2.30. The summed E-state index contributed by atoms with van der Waals surface area (Å²) < 4.78 is 15.3. The molecule has 1 saturated heterocycles. The van der Waals surface area contributed by atoms with Crippen LogP contribution in [0.25, 0.3) is 5.69 Å². The highest BCUT2D eigenvalue weighted by atomic mass is 32.2. The quantitative estimate of drug-likeness (QED) is 0.553. The lowest BCUT2D eigenvalue weighted by molar-refractivity contribution is -0.129. The number of aryl methyl sites for hydroxylation is 3. The Kier molecular flexibility index (Phi) is 5.90. The van der Waals surface area contributed by atoms with Gasteiger partial charge in [0.05, 0.1) is 17.5 Å². The molecule has 2 aromatic carbocycles. The fourth-order valence-corrected chi connectivity index (χ4v) is 4.86. The summed E-state index contributed by atoms with van der Waals surface area (Å²) in [5.41, 5.74) is 4.32. The molecule has 5 nitrogen and oxygen atoms in total. The molecular weight excluding hydrogens is 399 g/mol. The predicted molar refractivity (Wildman–Crippen MR) is 116 cm³/mol. The smallest absolute Gasteiger partial charge is 0.233 e. The number of aromatic nitrogens is 3. The Morgan fingerprint density at radius 2 is 1.90 bits per heavy atom. The van der Waals surface area contributed by atoms with Crippen LogP contribution in [-0.2, 0) is 4.79 Å². The second-order valence-corrected chi connectivity index (χ2v) is 8.68. The van der Waals surface area contributed by atoms with Gasteiger partial charge >= 0.3 is 0 Å². The summed E-state index contributed by atoms with van der Waals surface area (Å²) in [7, 11) is 0. The van der Waals surface area contributed by atoms with Crippen LogP contribution < -0.4 is 0 Å². The zero-order valence-corrected chi connectivity index (χ0v) is 18.2. The predicted octanol–water partition coefficient (Wildman–Crippen LogP) is 4.79. The number of carbonyl (C=O) groups excluding carboxylic acids is 1. The molecule has 1 aliphatic rings. The molecule has 3 aromatic rings. The van der Waals surface area contributed by atoms with Gasteiger partial charge in [0.2, 0.25) is 5.91 Å². The second-order valence-electron chi connectivity index (χ2n) is 7.74. The van der Waals surface area contributed by atoms with E-state index in [1.807, 2.05) is 16.4 Å². The molecule has 1 unspecified atom stereocenters. The van der Waals surface area contributed by atoms with Crippen LogP contribution in [0.2, 0.25) is 0 Å². The van der Waals surface area contributed by atoms with Crippen molar-refractivity contribution in [2.24, 2.45) is 0 Å². The highest BCUT2D eigenvalue weighted by molar-refractivity contribution is 7.99. The number of hydrogen-bond acceptors (Lipinski definition) is 4. The minimum Gasteiger partial charge on any atom is -0.335 e. The van der Waals surface area contributed by atoms with Crippen LogP contribution in [0.15, 0.2) is 47.6 Å². The molecule has 4 rings (SSSR count). The van der Waals surface area contributed by atoms with E-state index in [-0.39, 0.29) is 17.8 Å². The van der Waals surface area contributed by atoms with Crippen LogP contribution in [0.5, 0.6) is 0 Å². The molecule has 0 saturated carbocycles. The van der Waals surface area contributed by atoms with E-state index < -0.39 is 0 Å². The van der Waals surface area contributed by atoms with E-state index in [4.69, 9.17) is 0 Å². The van der Waals surface area contributed by atoms with Crippen molar-refractivity contribution in [1.29, 1.82) is 0 Å². The van der Waals surface area contributed by atoms with E-state index in [0.29, 0.717) is 10.9 Å². The largest absolute Gasteiger partial charge is 0.335 e. The van der Waals surface area contributed by atoms with Crippen LogP contribution in [0.4, 0.5) is 4.39 Å². The molecule has 1 atom stereocenters. The second kappa shape index (κ2) is 8.60. The SMILES string of the molecule is Cc1ccc(C)c(-n2c(C)nnc2SCC(=O)N2CCCC2c2ccc(F)cc2)c1. The average molecular weight is 425 g/mol. The zero-order chi connectivity index (χ0) is 21.3. The zero-order valence-electron chi connectivity index (χ0n) is 17.4. The van der Waals surface area contributed by atoms with Crippen LogP contribution in [0, 0.1) is 26.6 Å². The number of nitrogens with zero attached hydrogens (tertiary/aromatic N) is 4. The van der Waals surface area contributed by atoms with Crippen LogP contribution in [0.3, 0.4) is 0 Å². The van der Waals surface area contributed by atoms with E-state index in [2.05, 4.69) is 42.2 Å². The number of rotatable bonds is 5. The molecule has 7 heteroatoms. The third-order valence-electron chi connectivity index (χ3n) is 5.55. The number of halogens is 1. The summed E-state index contributed by atoms with van der Waals surface area (Å²) in [4.78, 5) is 14.9. The molecular formula is C23H25FN4OS. The standard InChI is InChI=1S/C23H25FN4OS/c1-15-6-7-16(2)21(13-15)28-17(3)25-26-23(28)30-14-22(29)27-12-4-5-20(27)18-8-10-19(24)11-9-18/h6-11,13,20H,4-5,12,14H2,1-3H3. The molecule has 1 amide bonds. The normalized spacial score (nSPS) is 16.3. The fraction of sp³-hybridized carbons (Fsp3) is 0.348. The number of benzene rings is 2. The van der Waals surface area contributed by atoms with Crippen molar-refractivity contribution in [2.45, 2.75) is 44.8 Å². The number of hydrogen-bond donors (Lipinski definition) is 0. The van der Waals surface area contributed by atoms with Crippen molar-refractivity contribution < 1.29 is 9.18 Å². The average Bonchev–Trinajstić information content (AvgIpc) is 3.36. The third kappa shape index (κ3) is 4.12. The molecule has 30 heavy (non-hydrogen) atoms. The summed E-state index contributed by atoms with van der Waals surface area (Å²) in [6.07, 6.45) is 1.86. The summed E-state index contributed by atoms with van der Waals surface area (Å²) in [6.45, 7) is 6.77. The Balaban J connectivity index is 1.51. The maximum Gasteiger partial charge on any atom is 0.233 e. The van der Waals surface area contributed by atoms with Gasteiger partial charge in [-0.2, -0.15) is 0 Å². The first-order chi connectivity index (χ1) is 14.4. The van der Waals surface area contributed by atoms with Crippen molar-refractivity contribution >= 4 is 17.7 Å². The Labute approximate surface area is 180 Å². The van der Waals surface area contributed by atoms with Crippen molar-refractivity contribution in [3.8, 4) is 5.69 Å². The van der Waals surface area contributed by atoms with E-state index in [1.165, 1.54) is 23.9 Å². The van der Waals surface area contributed by atoms with E-state index >= 15 is 0 Å². The topological polar surface area (TPSA) is 51.0 Å². The van der Waals surface area contributed by atoms with Gasteiger partial charge in [0, 0.05) is 6.54 Å². The number of carbonyl (C=O) groups is 1. The monoisotopic (exact) mass is 424 g/mol. The van der Waals surface area contributed by atoms with Gasteiger partial charge in [0.25, 0.3) is 0 Å². The maximum absolute atomic E-state index is 13.3. The van der Waals surface area contributed by atoms with Gasteiger partial charge in [0.15, 0.2) is 5.16 Å². The molecule has 1 aliphatic heterocycles. The van der Waals surface area contributed by atoms with Crippen LogP contribution in [0.1, 0.15) is 41.4 Å². The van der Waals surface area contributed by atoms with Gasteiger partial charge in [-0.15, -0.1) is 10.2 Å². The van der Waals surface area contributed by atoms with Gasteiger partial charge in [0.1, 0.15) is 11.6 Å². The summed E-state index contributed by atoms with van der Waals surface area (Å²) in [5, 5.41) is 9.27. The molecule has 0 aliphatic carbocycles. The number of amides is 1. The Morgan fingerprint density at radius 1 is 1.13 bits per heavy atom. The lowest BCUT2D eigenvalue weighted by atomic mass is 10.0. The van der Waals surface area contributed by atoms with E-state index in [0.717, 1.165) is 47.6 Å². The minimum atomic E-state index is -0.258. The Bertz CT molecular complexity index is 1060. The fourth-order valence-electron chi connectivity index (χ4n) is 3.98. The molecule has 0 N–H and O–H groups in total.